The molecule has 0 aliphatic carbocycles. The molecule has 0 aliphatic rings. The van der Waals surface area contributed by atoms with Gasteiger partial charge in [0.05, 0.1) is 17.9 Å². The average molecular weight is 314 g/mol. The molecule has 7 heteroatoms. The van der Waals surface area contributed by atoms with Crippen LogP contribution in [-0.2, 0) is 12.7 Å². The Morgan fingerprint density at radius 1 is 1.32 bits per heavy atom. The highest BCUT2D eigenvalue weighted by Gasteiger charge is 2.30. The zero-order valence-corrected chi connectivity index (χ0v) is 12.3. The molecule has 2 rings (SSSR count). The van der Waals surface area contributed by atoms with Crippen molar-refractivity contribution in [2.75, 3.05) is 20.2 Å². The number of aliphatic hydroxyl groups is 1. The summed E-state index contributed by atoms with van der Waals surface area (Å²) < 4.78 is 43.7. The van der Waals surface area contributed by atoms with Crippen molar-refractivity contribution in [2.45, 2.75) is 19.6 Å². The van der Waals surface area contributed by atoms with E-state index in [1.807, 2.05) is 11.9 Å². The van der Waals surface area contributed by atoms with Gasteiger partial charge in [0.15, 0.2) is 0 Å². The van der Waals surface area contributed by atoms with E-state index in [4.69, 9.17) is 9.52 Å². The number of rotatable bonds is 5. The number of hydrogen-bond donors (Lipinski definition) is 1. The molecule has 2 aromatic rings. The maximum Gasteiger partial charge on any atom is 0.416 e. The lowest BCUT2D eigenvalue weighted by Crippen LogP contribution is -2.22. The summed E-state index contributed by atoms with van der Waals surface area (Å²) in [4.78, 5) is 6.12. The molecular weight excluding hydrogens is 297 g/mol. The van der Waals surface area contributed by atoms with E-state index in [2.05, 4.69) is 4.98 Å². The maximum absolute atomic E-state index is 12.7. The number of halogens is 3. The normalized spacial score (nSPS) is 12.1. The Labute approximate surface area is 126 Å². The summed E-state index contributed by atoms with van der Waals surface area (Å²) in [7, 11) is 1.81. The fourth-order valence-corrected chi connectivity index (χ4v) is 2.03. The predicted octanol–water partition coefficient (Wildman–Crippen LogP) is 3.09. The first kappa shape index (κ1) is 16.5. The summed E-state index contributed by atoms with van der Waals surface area (Å²) in [5.41, 5.74) is 0.192. The Hall–Kier alpha value is -1.86. The van der Waals surface area contributed by atoms with Crippen molar-refractivity contribution in [2.24, 2.45) is 0 Å². The number of likely N-dealkylation sites (N-methyl/N-ethyl adjacent to an activating group) is 1. The highest BCUT2D eigenvalue weighted by atomic mass is 19.4. The van der Waals surface area contributed by atoms with E-state index in [0.717, 1.165) is 12.1 Å². The lowest BCUT2D eigenvalue weighted by Gasteiger charge is -2.12. The van der Waals surface area contributed by atoms with Crippen LogP contribution < -0.4 is 0 Å². The fraction of sp³-hybridized carbons (Fsp3) is 0.400. The molecule has 1 aromatic heterocycles. The molecular formula is C15H17F3N2O2. The first-order valence-corrected chi connectivity index (χ1v) is 6.74. The third-order valence-electron chi connectivity index (χ3n) is 3.23. The molecule has 0 amide bonds. The SMILES string of the molecule is Cc1oc(-c2cccc(C(F)(F)F)c2)nc1CN(C)CCO. The van der Waals surface area contributed by atoms with Gasteiger partial charge in [-0.05, 0) is 32.2 Å². The summed E-state index contributed by atoms with van der Waals surface area (Å²) in [5, 5.41) is 8.88. The smallest absolute Gasteiger partial charge is 0.416 e. The van der Waals surface area contributed by atoms with Crippen LogP contribution in [0.3, 0.4) is 0 Å². The van der Waals surface area contributed by atoms with Gasteiger partial charge in [0.1, 0.15) is 5.76 Å². The number of benzene rings is 1. The second kappa shape index (κ2) is 6.50. The topological polar surface area (TPSA) is 49.5 Å². The van der Waals surface area contributed by atoms with Gasteiger partial charge >= 0.3 is 6.18 Å². The molecule has 4 nitrogen and oxygen atoms in total. The minimum Gasteiger partial charge on any atom is -0.441 e. The van der Waals surface area contributed by atoms with Crippen LogP contribution in [0.4, 0.5) is 13.2 Å². The third-order valence-corrected chi connectivity index (χ3v) is 3.23. The van der Waals surface area contributed by atoms with E-state index >= 15 is 0 Å². The molecule has 22 heavy (non-hydrogen) atoms. The highest BCUT2D eigenvalue weighted by molar-refractivity contribution is 5.55. The Kier molecular flexibility index (Phi) is 4.87. The van der Waals surface area contributed by atoms with E-state index in [1.165, 1.54) is 12.1 Å². The summed E-state index contributed by atoms with van der Waals surface area (Å²) in [6, 6.07) is 4.89. The van der Waals surface area contributed by atoms with Crippen molar-refractivity contribution in [1.82, 2.24) is 9.88 Å². The Morgan fingerprint density at radius 2 is 2.05 bits per heavy atom. The molecule has 0 aliphatic heterocycles. The molecule has 1 heterocycles. The molecule has 0 atom stereocenters. The fourth-order valence-electron chi connectivity index (χ4n) is 2.03. The quantitative estimate of drug-likeness (QED) is 0.921. The minimum absolute atomic E-state index is 0.0217. The molecule has 0 radical (unpaired) electrons. The van der Waals surface area contributed by atoms with Crippen LogP contribution in [0.1, 0.15) is 17.0 Å². The van der Waals surface area contributed by atoms with E-state index in [0.29, 0.717) is 24.5 Å². The number of hydrogen-bond acceptors (Lipinski definition) is 4. The first-order valence-electron chi connectivity index (χ1n) is 6.74. The van der Waals surface area contributed by atoms with Gasteiger partial charge in [-0.15, -0.1) is 0 Å². The number of oxazole rings is 1. The summed E-state index contributed by atoms with van der Waals surface area (Å²) in [5.74, 6) is 0.716. The summed E-state index contributed by atoms with van der Waals surface area (Å²) in [6.07, 6.45) is -4.40. The van der Waals surface area contributed by atoms with Crippen molar-refractivity contribution in [3.05, 3.63) is 41.3 Å². The van der Waals surface area contributed by atoms with E-state index < -0.39 is 11.7 Å². The molecule has 0 fully saturated rings. The van der Waals surface area contributed by atoms with Crippen LogP contribution >= 0.6 is 0 Å². The molecule has 0 saturated carbocycles. The summed E-state index contributed by atoms with van der Waals surface area (Å²) in [6.45, 7) is 2.67. The molecule has 1 N–H and O–H groups in total. The van der Waals surface area contributed by atoms with Gasteiger partial charge in [-0.2, -0.15) is 13.2 Å². The molecule has 0 unspecified atom stereocenters. The van der Waals surface area contributed by atoms with E-state index in [1.54, 1.807) is 6.92 Å². The lowest BCUT2D eigenvalue weighted by atomic mass is 10.1. The standard InChI is InChI=1S/C15H17F3N2O2/c1-10-13(9-20(2)6-7-21)19-14(22-10)11-4-3-5-12(8-11)15(16,17)18/h3-5,8,21H,6-7,9H2,1-2H3. The van der Waals surface area contributed by atoms with E-state index in [9.17, 15) is 13.2 Å². The summed E-state index contributed by atoms with van der Waals surface area (Å²) >= 11 is 0. The van der Waals surface area contributed by atoms with Crippen LogP contribution in [0, 0.1) is 6.92 Å². The number of aryl methyl sites for hydroxylation is 1. The van der Waals surface area contributed by atoms with Crippen molar-refractivity contribution >= 4 is 0 Å². The van der Waals surface area contributed by atoms with Gasteiger partial charge < -0.3 is 9.52 Å². The monoisotopic (exact) mass is 314 g/mol. The average Bonchev–Trinajstić information content (AvgIpc) is 2.80. The minimum atomic E-state index is -4.40. The highest BCUT2D eigenvalue weighted by Crippen LogP contribution is 2.32. The molecule has 0 bridgehead atoms. The van der Waals surface area contributed by atoms with Gasteiger partial charge in [-0.1, -0.05) is 6.07 Å². The van der Waals surface area contributed by atoms with E-state index in [-0.39, 0.29) is 18.1 Å². The van der Waals surface area contributed by atoms with Crippen molar-refractivity contribution in [3.8, 4) is 11.5 Å². The Bertz CT molecular complexity index is 638. The van der Waals surface area contributed by atoms with Crippen LogP contribution in [0.15, 0.2) is 28.7 Å². The van der Waals surface area contributed by atoms with Gasteiger partial charge in [-0.25, -0.2) is 4.98 Å². The Morgan fingerprint density at radius 3 is 2.68 bits per heavy atom. The van der Waals surface area contributed by atoms with Gasteiger partial charge in [0.25, 0.3) is 0 Å². The third kappa shape index (κ3) is 3.86. The molecule has 1 aromatic carbocycles. The van der Waals surface area contributed by atoms with Crippen LogP contribution in [-0.4, -0.2) is 35.2 Å². The zero-order chi connectivity index (χ0) is 16.3. The number of aliphatic hydroxyl groups excluding tert-OH is 1. The van der Waals surface area contributed by atoms with Crippen molar-refractivity contribution in [1.29, 1.82) is 0 Å². The molecule has 120 valence electrons. The van der Waals surface area contributed by atoms with Crippen LogP contribution in [0.25, 0.3) is 11.5 Å². The number of alkyl halides is 3. The Balaban J connectivity index is 2.27. The largest absolute Gasteiger partial charge is 0.441 e. The predicted molar refractivity (Wildman–Crippen MR) is 75.1 cm³/mol. The number of aromatic nitrogens is 1. The second-order valence-corrected chi connectivity index (χ2v) is 5.06. The van der Waals surface area contributed by atoms with Crippen LogP contribution in [0.5, 0.6) is 0 Å². The van der Waals surface area contributed by atoms with Gasteiger partial charge in [0, 0.05) is 18.7 Å². The second-order valence-electron chi connectivity index (χ2n) is 5.06. The van der Waals surface area contributed by atoms with Gasteiger partial charge in [-0.3, -0.25) is 4.90 Å². The van der Waals surface area contributed by atoms with Crippen molar-refractivity contribution < 1.29 is 22.7 Å². The zero-order valence-electron chi connectivity index (χ0n) is 12.3. The lowest BCUT2D eigenvalue weighted by molar-refractivity contribution is -0.137. The number of nitrogens with zero attached hydrogens (tertiary/aromatic N) is 2. The van der Waals surface area contributed by atoms with Crippen molar-refractivity contribution in [3.63, 3.8) is 0 Å². The van der Waals surface area contributed by atoms with Crippen LogP contribution in [0.2, 0.25) is 0 Å². The maximum atomic E-state index is 12.7. The first-order chi connectivity index (χ1) is 10.3. The van der Waals surface area contributed by atoms with Gasteiger partial charge in [0.2, 0.25) is 5.89 Å². The molecule has 0 spiro atoms. The molecule has 0 saturated heterocycles.